The smallest absolute Gasteiger partial charge is 0.342 e. The Morgan fingerprint density at radius 1 is 1.85 bits per heavy atom. The van der Waals surface area contributed by atoms with Crippen molar-refractivity contribution in [3.05, 3.63) is 21.6 Å². The second kappa shape index (κ2) is 3.09. The minimum Gasteiger partial charge on any atom is -0.409 e. The molecule has 0 saturated heterocycles. The molecule has 8 nitrogen and oxygen atoms in total. The average Bonchev–Trinajstić information content (AvgIpc) is 2.45. The van der Waals surface area contributed by atoms with Gasteiger partial charge in [-0.25, -0.2) is 0 Å². The van der Waals surface area contributed by atoms with Gasteiger partial charge >= 0.3 is 5.69 Å². The van der Waals surface area contributed by atoms with Gasteiger partial charge in [-0.1, -0.05) is 10.3 Å². The molecule has 1 heterocycles. The summed E-state index contributed by atoms with van der Waals surface area (Å²) >= 11 is 0. The maximum atomic E-state index is 10.4. The van der Waals surface area contributed by atoms with Gasteiger partial charge in [-0.05, 0) is 6.92 Å². The molecule has 1 aromatic heterocycles. The number of rotatable bonds is 2. The summed E-state index contributed by atoms with van der Waals surface area (Å²) in [5, 5.41) is 24.6. The van der Waals surface area contributed by atoms with Gasteiger partial charge in [0.05, 0.1) is 4.92 Å². The van der Waals surface area contributed by atoms with Crippen LogP contribution in [-0.4, -0.2) is 21.1 Å². The summed E-state index contributed by atoms with van der Waals surface area (Å²) in [4.78, 5) is 9.73. The van der Waals surface area contributed by atoms with Crippen molar-refractivity contribution in [1.29, 1.82) is 0 Å². The van der Waals surface area contributed by atoms with Crippen molar-refractivity contribution >= 4 is 11.5 Å². The highest BCUT2D eigenvalue weighted by atomic mass is 16.6. The predicted molar refractivity (Wildman–Crippen MR) is 40.4 cm³/mol. The molecule has 0 aliphatic rings. The van der Waals surface area contributed by atoms with Crippen LogP contribution in [0.25, 0.3) is 0 Å². The van der Waals surface area contributed by atoms with E-state index in [0.717, 1.165) is 0 Å². The van der Waals surface area contributed by atoms with Gasteiger partial charge in [0.25, 0.3) is 5.76 Å². The highest BCUT2D eigenvalue weighted by Gasteiger charge is 2.27. The molecule has 1 rings (SSSR count). The molecule has 8 heteroatoms. The Morgan fingerprint density at radius 2 is 2.46 bits per heavy atom. The monoisotopic (exact) mass is 186 g/mol. The quantitative estimate of drug-likeness (QED) is 0.219. The van der Waals surface area contributed by atoms with Crippen molar-refractivity contribution in [2.75, 3.05) is 0 Å². The normalized spacial score (nSPS) is 11.6. The predicted octanol–water partition coefficient (Wildman–Crippen LogP) is -0.0143. The summed E-state index contributed by atoms with van der Waals surface area (Å²) in [6.07, 6.45) is 0. The average molecular weight is 186 g/mol. The third-order valence-electron chi connectivity index (χ3n) is 1.35. The Bertz CT molecular complexity index is 369. The molecule has 0 radical (unpaired) electrons. The Morgan fingerprint density at radius 3 is 2.92 bits per heavy atom. The van der Waals surface area contributed by atoms with E-state index in [4.69, 9.17) is 10.9 Å². The Hall–Kier alpha value is -2.12. The zero-order valence-electron chi connectivity index (χ0n) is 6.59. The number of aryl methyl sites for hydroxylation is 1. The molecule has 0 bridgehead atoms. The number of amidine groups is 1. The summed E-state index contributed by atoms with van der Waals surface area (Å²) in [5.41, 5.74) is 4.79. The molecule has 0 aromatic carbocycles. The number of hydrogen-bond donors (Lipinski definition) is 2. The van der Waals surface area contributed by atoms with Crippen LogP contribution in [0.4, 0.5) is 5.69 Å². The maximum Gasteiger partial charge on any atom is 0.342 e. The Labute approximate surface area is 71.8 Å². The van der Waals surface area contributed by atoms with Crippen LogP contribution in [0, 0.1) is 17.0 Å². The Kier molecular flexibility index (Phi) is 2.13. The van der Waals surface area contributed by atoms with Crippen LogP contribution in [0.15, 0.2) is 9.68 Å². The van der Waals surface area contributed by atoms with Crippen LogP contribution in [0.5, 0.6) is 0 Å². The molecule has 70 valence electrons. The maximum absolute atomic E-state index is 10.4. The number of nitrogens with two attached hydrogens (primary N) is 1. The second-order valence-corrected chi connectivity index (χ2v) is 2.19. The Balaban J connectivity index is 3.31. The van der Waals surface area contributed by atoms with E-state index in [1.807, 2.05) is 0 Å². The molecular formula is C5H6N4O4. The van der Waals surface area contributed by atoms with Crippen LogP contribution in [0.3, 0.4) is 0 Å². The number of oxime groups is 1. The van der Waals surface area contributed by atoms with Crippen molar-refractivity contribution in [1.82, 2.24) is 5.16 Å². The lowest BCUT2D eigenvalue weighted by Gasteiger charge is -1.90. The van der Waals surface area contributed by atoms with Crippen LogP contribution in [0.1, 0.15) is 11.5 Å². The lowest BCUT2D eigenvalue weighted by Crippen LogP contribution is -2.13. The molecule has 0 unspecified atom stereocenters. The topological polar surface area (TPSA) is 128 Å². The molecular weight excluding hydrogens is 180 g/mol. The molecule has 0 aliphatic heterocycles. The van der Waals surface area contributed by atoms with E-state index in [1.165, 1.54) is 6.92 Å². The van der Waals surface area contributed by atoms with E-state index in [-0.39, 0.29) is 11.5 Å². The first kappa shape index (κ1) is 8.97. The molecule has 13 heavy (non-hydrogen) atoms. The molecule has 0 saturated carbocycles. The van der Waals surface area contributed by atoms with Gasteiger partial charge < -0.3 is 15.5 Å². The first-order valence-electron chi connectivity index (χ1n) is 3.16. The van der Waals surface area contributed by atoms with Crippen molar-refractivity contribution in [3.8, 4) is 0 Å². The largest absolute Gasteiger partial charge is 0.409 e. The first-order chi connectivity index (χ1) is 6.07. The zero-order chi connectivity index (χ0) is 10.0. The molecule has 3 N–H and O–H groups in total. The summed E-state index contributed by atoms with van der Waals surface area (Å²) in [6, 6.07) is 0. The van der Waals surface area contributed by atoms with E-state index in [2.05, 4.69) is 14.8 Å². The minimum atomic E-state index is -0.709. The third-order valence-corrected chi connectivity index (χ3v) is 1.35. The molecule has 1 aromatic rings. The number of hydrogen-bond acceptors (Lipinski definition) is 6. The van der Waals surface area contributed by atoms with E-state index in [9.17, 15) is 10.1 Å². The van der Waals surface area contributed by atoms with E-state index < -0.39 is 16.4 Å². The lowest BCUT2D eigenvalue weighted by molar-refractivity contribution is -0.386. The van der Waals surface area contributed by atoms with Crippen LogP contribution >= 0.6 is 0 Å². The van der Waals surface area contributed by atoms with E-state index >= 15 is 0 Å². The van der Waals surface area contributed by atoms with Crippen LogP contribution in [0.2, 0.25) is 0 Å². The fourth-order valence-corrected chi connectivity index (χ4v) is 0.793. The van der Waals surface area contributed by atoms with Crippen LogP contribution in [-0.2, 0) is 0 Å². The first-order valence-corrected chi connectivity index (χ1v) is 3.16. The van der Waals surface area contributed by atoms with Gasteiger partial charge in [-0.2, -0.15) is 0 Å². The fourth-order valence-electron chi connectivity index (χ4n) is 0.793. The summed E-state index contributed by atoms with van der Waals surface area (Å²) < 4.78 is 4.50. The van der Waals surface area contributed by atoms with Gasteiger partial charge in [0.1, 0.15) is 0 Å². The standard InChI is InChI=1S/C5H6N4O4/c1-2-3(9(11)12)4(13-8-2)5(6)7-10/h10H,1H3,(H2,6,7). The van der Waals surface area contributed by atoms with Crippen molar-refractivity contribution in [2.45, 2.75) is 6.92 Å². The molecule has 0 atom stereocenters. The van der Waals surface area contributed by atoms with Gasteiger partial charge in [0.2, 0.25) is 5.84 Å². The summed E-state index contributed by atoms with van der Waals surface area (Å²) in [7, 11) is 0. The second-order valence-electron chi connectivity index (χ2n) is 2.19. The fraction of sp³-hybridized carbons (Fsp3) is 0.200. The van der Waals surface area contributed by atoms with Gasteiger partial charge in [0, 0.05) is 0 Å². The number of nitro groups is 1. The number of nitrogens with zero attached hydrogens (tertiary/aromatic N) is 3. The van der Waals surface area contributed by atoms with Gasteiger partial charge in [0.15, 0.2) is 5.69 Å². The third kappa shape index (κ3) is 1.41. The lowest BCUT2D eigenvalue weighted by atomic mass is 10.3. The minimum absolute atomic E-state index is 0.0756. The van der Waals surface area contributed by atoms with Crippen molar-refractivity contribution in [3.63, 3.8) is 0 Å². The zero-order valence-corrected chi connectivity index (χ0v) is 6.59. The van der Waals surface area contributed by atoms with Crippen molar-refractivity contribution in [2.24, 2.45) is 10.9 Å². The molecule has 0 spiro atoms. The highest BCUT2D eigenvalue weighted by molar-refractivity contribution is 5.98. The van der Waals surface area contributed by atoms with E-state index in [1.54, 1.807) is 0 Å². The van der Waals surface area contributed by atoms with E-state index in [0.29, 0.717) is 0 Å². The summed E-state index contributed by atoms with van der Waals surface area (Å²) in [5.74, 6) is -0.822. The summed E-state index contributed by atoms with van der Waals surface area (Å²) in [6.45, 7) is 1.38. The highest BCUT2D eigenvalue weighted by Crippen LogP contribution is 2.21. The van der Waals surface area contributed by atoms with Gasteiger partial charge in [-0.15, -0.1) is 0 Å². The number of aromatic nitrogens is 1. The molecule has 0 fully saturated rings. The van der Waals surface area contributed by atoms with Crippen LogP contribution < -0.4 is 5.73 Å². The molecule has 0 amide bonds. The molecule has 0 aliphatic carbocycles. The van der Waals surface area contributed by atoms with Gasteiger partial charge in [-0.3, -0.25) is 10.1 Å². The van der Waals surface area contributed by atoms with Crippen molar-refractivity contribution < 1.29 is 14.7 Å². The SMILES string of the molecule is Cc1noc(/C(N)=N\O)c1[N+](=O)[O-].